The van der Waals surface area contributed by atoms with Gasteiger partial charge >= 0.3 is 0 Å². The predicted molar refractivity (Wildman–Crippen MR) is 99.1 cm³/mol. The van der Waals surface area contributed by atoms with Crippen LogP contribution in [0, 0.1) is 0 Å². The zero-order valence-corrected chi connectivity index (χ0v) is 14.0. The monoisotopic (exact) mass is 325 g/mol. The molecular weight excluding hydrogens is 284 g/mol. The van der Waals surface area contributed by atoms with Crippen molar-refractivity contribution in [1.29, 1.82) is 0 Å². The van der Waals surface area contributed by atoms with Gasteiger partial charge in [-0.1, -0.05) is 42.9 Å². The second kappa shape index (κ2) is 10.1. The Morgan fingerprint density at radius 2 is 1.83 bits per heavy atom. The van der Waals surface area contributed by atoms with Gasteiger partial charge in [0.25, 0.3) is 0 Å². The van der Waals surface area contributed by atoms with E-state index in [-0.39, 0.29) is 29.0 Å². The molecule has 0 bridgehead atoms. The summed E-state index contributed by atoms with van der Waals surface area (Å²) in [6, 6.07) is 2.36. The molecule has 0 amide bonds. The number of phenols is 2. The van der Waals surface area contributed by atoms with Gasteiger partial charge in [-0.05, 0) is 70.5 Å². The fourth-order valence-electron chi connectivity index (χ4n) is 2.17. The van der Waals surface area contributed by atoms with Crippen LogP contribution in [0.1, 0.15) is 83.0 Å². The molecule has 128 valence electrons. The minimum Gasteiger partial charge on any atom is -0.508 e. The maximum atomic E-state index is 10.3. The highest BCUT2D eigenvalue weighted by molar-refractivity contribution is 5.47. The van der Waals surface area contributed by atoms with Crippen molar-refractivity contribution in [2.45, 2.75) is 72.4 Å². The molecule has 0 heterocycles. The van der Waals surface area contributed by atoms with E-state index in [9.17, 15) is 10.2 Å². The topological polar surface area (TPSA) is 40.5 Å². The Kier molecular flexibility index (Phi) is 4.22. The number of hydrogen-bond acceptors (Lipinski definition) is 2. The van der Waals surface area contributed by atoms with Crippen LogP contribution >= 0.6 is 0 Å². The zero-order valence-electron chi connectivity index (χ0n) is 23.0. The van der Waals surface area contributed by atoms with Gasteiger partial charge < -0.3 is 10.2 Å². The Labute approximate surface area is 154 Å². The van der Waals surface area contributed by atoms with E-state index < -0.39 is 32.4 Å². The highest BCUT2D eigenvalue weighted by atomic mass is 16.3. The molecule has 2 N–H and O–H groups in total. The lowest BCUT2D eigenvalue weighted by Crippen LogP contribution is -1.91. The molecular formula is C21H32O2. The molecule has 0 aliphatic heterocycles. The molecule has 0 saturated carbocycles. The molecule has 0 unspecified atom stereocenters. The second-order valence-electron chi connectivity index (χ2n) is 5.79. The average Bonchev–Trinajstić information content (AvgIpc) is 2.58. The maximum Gasteiger partial charge on any atom is 0.123 e. The number of benzene rings is 1. The van der Waals surface area contributed by atoms with Crippen LogP contribution in [0.25, 0.3) is 0 Å². The molecule has 1 aromatic rings. The van der Waals surface area contributed by atoms with Gasteiger partial charge in [0.05, 0.1) is 0 Å². The Balaban J connectivity index is 3.10. The van der Waals surface area contributed by atoms with E-state index in [0.29, 0.717) is 0 Å². The molecule has 2 nitrogen and oxygen atoms in total. The van der Waals surface area contributed by atoms with Crippen molar-refractivity contribution in [3.63, 3.8) is 0 Å². The molecule has 0 radical (unpaired) electrons. The van der Waals surface area contributed by atoms with Gasteiger partial charge in [-0.3, -0.25) is 0 Å². The first-order chi connectivity index (χ1) is 14.3. The summed E-state index contributed by atoms with van der Waals surface area (Å²) >= 11 is 0. The minimum atomic E-state index is -3.46. The van der Waals surface area contributed by atoms with Crippen molar-refractivity contribution < 1.29 is 22.5 Å². The van der Waals surface area contributed by atoms with E-state index >= 15 is 0 Å². The molecule has 1 rings (SSSR count). The van der Waals surface area contributed by atoms with E-state index in [1.165, 1.54) is 17.7 Å². The summed E-state index contributed by atoms with van der Waals surface area (Å²) in [5, 5.41) is 20.7. The van der Waals surface area contributed by atoms with Crippen molar-refractivity contribution >= 4 is 0 Å². The Hall–Kier alpha value is -1.70. The number of hydrogen-bond donors (Lipinski definition) is 2. The van der Waals surface area contributed by atoms with E-state index in [2.05, 4.69) is 6.08 Å². The summed E-state index contributed by atoms with van der Waals surface area (Å²) in [7, 11) is 0. The first-order valence-corrected chi connectivity index (χ1v) is 7.66. The Morgan fingerprint density at radius 1 is 1.13 bits per heavy atom. The highest BCUT2D eigenvalue weighted by Gasteiger charge is 2.09. The third kappa shape index (κ3) is 7.40. The number of rotatable bonds is 9. The summed E-state index contributed by atoms with van der Waals surface area (Å²) < 4.78 is 69.0. The fraction of sp³-hybridized carbons (Fsp3) is 0.524. The van der Waals surface area contributed by atoms with E-state index in [1.807, 2.05) is 26.8 Å². The van der Waals surface area contributed by atoms with E-state index in [4.69, 9.17) is 12.3 Å². The third-order valence-electron chi connectivity index (χ3n) is 3.45. The third-order valence-corrected chi connectivity index (χ3v) is 3.45. The zero-order chi connectivity index (χ0) is 25.1. The van der Waals surface area contributed by atoms with Gasteiger partial charge in [0.2, 0.25) is 0 Å². The van der Waals surface area contributed by atoms with Crippen LogP contribution in [0.15, 0.2) is 35.4 Å². The van der Waals surface area contributed by atoms with Crippen LogP contribution in [0.4, 0.5) is 0 Å². The van der Waals surface area contributed by atoms with Crippen molar-refractivity contribution in [2.75, 3.05) is 0 Å². The van der Waals surface area contributed by atoms with Gasteiger partial charge in [-0.2, -0.15) is 0 Å². The summed E-state index contributed by atoms with van der Waals surface area (Å²) in [4.78, 5) is 0. The van der Waals surface area contributed by atoms with Crippen molar-refractivity contribution in [3.8, 4) is 11.5 Å². The molecule has 0 spiro atoms. The number of phenolic OH excluding ortho intramolecular Hbond substituents is 2. The van der Waals surface area contributed by atoms with Gasteiger partial charge in [0.15, 0.2) is 0 Å². The average molecular weight is 326 g/mol. The Bertz CT molecular complexity index is 842. The molecule has 0 aromatic heterocycles. The molecule has 0 aliphatic carbocycles. The van der Waals surface area contributed by atoms with Gasteiger partial charge in [0, 0.05) is 17.9 Å². The highest BCUT2D eigenvalue weighted by Crippen LogP contribution is 2.30. The molecule has 2 heteroatoms. The van der Waals surface area contributed by atoms with E-state index in [1.54, 1.807) is 0 Å². The Morgan fingerprint density at radius 3 is 2.43 bits per heavy atom. The maximum absolute atomic E-state index is 10.3. The molecule has 0 saturated heterocycles. The first kappa shape index (κ1) is 9.56. The summed E-state index contributed by atoms with van der Waals surface area (Å²) in [6.07, 6.45) is -4.58. The number of allylic oxidation sites excluding steroid dienone is 4. The first-order valence-electron chi connectivity index (χ1n) is 12.2. The normalized spacial score (nSPS) is 19.8. The molecule has 1 aromatic carbocycles. The van der Waals surface area contributed by atoms with Crippen molar-refractivity contribution in [3.05, 3.63) is 46.6 Å². The molecule has 0 atom stereocenters. The lowest BCUT2D eigenvalue weighted by molar-refractivity contribution is 0.439. The molecule has 0 aliphatic rings. The largest absolute Gasteiger partial charge is 0.508 e. The van der Waals surface area contributed by atoms with Crippen LogP contribution in [0.3, 0.4) is 0 Å². The van der Waals surface area contributed by atoms with Gasteiger partial charge in [-0.15, -0.1) is 0 Å². The standard InChI is InChI=1S/C21H32O2/c1-5-6-7-11-18-14-20(22)19(21(23)15-18)13-12-17(4)10-8-9-16(2)3/h9,12,14-15,22-23H,5-8,10-11,13H2,1-4H3/b17-12+/i1D3,5D2,6D2,7D2. The quantitative estimate of drug-likeness (QED) is 0.541. The summed E-state index contributed by atoms with van der Waals surface area (Å²) in [5.41, 5.74) is 2.54. The van der Waals surface area contributed by atoms with Crippen LogP contribution in [0.5, 0.6) is 11.5 Å². The van der Waals surface area contributed by atoms with Crippen LogP contribution in [-0.2, 0) is 12.8 Å². The lowest BCUT2D eigenvalue weighted by atomic mass is 10.0. The SMILES string of the molecule is [2H]C([2H])([2H])C([2H])([2H])C([2H])([2H])C([2H])([2H])Cc1cc(O)c(C/C=C(\C)CCC=C(C)C)c(O)c1. The van der Waals surface area contributed by atoms with Crippen molar-refractivity contribution in [1.82, 2.24) is 0 Å². The smallest absolute Gasteiger partial charge is 0.123 e. The van der Waals surface area contributed by atoms with Crippen molar-refractivity contribution in [2.24, 2.45) is 0 Å². The van der Waals surface area contributed by atoms with Crippen LogP contribution < -0.4 is 0 Å². The van der Waals surface area contributed by atoms with E-state index in [0.717, 1.165) is 18.4 Å². The lowest BCUT2D eigenvalue weighted by Gasteiger charge is -2.09. The summed E-state index contributed by atoms with van der Waals surface area (Å²) in [6.45, 7) is 2.59. The minimum absolute atomic E-state index is 0.0169. The van der Waals surface area contributed by atoms with Crippen LogP contribution in [-0.4, -0.2) is 10.2 Å². The second-order valence-corrected chi connectivity index (χ2v) is 5.79. The van der Waals surface area contributed by atoms with Gasteiger partial charge in [-0.25, -0.2) is 0 Å². The molecule has 23 heavy (non-hydrogen) atoms. The summed E-state index contributed by atoms with van der Waals surface area (Å²) in [5.74, 6) is -0.605. The van der Waals surface area contributed by atoms with Gasteiger partial charge in [0.1, 0.15) is 11.5 Å². The number of aromatic hydroxyl groups is 2. The molecule has 0 fully saturated rings. The number of aryl methyl sites for hydroxylation is 1. The van der Waals surface area contributed by atoms with Crippen LogP contribution in [0.2, 0.25) is 0 Å². The fourth-order valence-corrected chi connectivity index (χ4v) is 2.17. The predicted octanol–water partition coefficient (Wildman–Crippen LogP) is 6.07.